The quantitative estimate of drug-likeness (QED) is 0.392. The molecule has 0 bridgehead atoms. The van der Waals surface area contributed by atoms with Crippen molar-refractivity contribution >= 4 is 29.5 Å². The molecule has 0 amide bonds. The molecule has 0 radical (unpaired) electrons. The molecule has 0 spiro atoms. The molecule has 0 aliphatic rings. The first-order chi connectivity index (χ1) is 11.6. The van der Waals surface area contributed by atoms with Gasteiger partial charge in [0.2, 0.25) is 0 Å². The van der Waals surface area contributed by atoms with E-state index in [1.807, 2.05) is 37.4 Å². The number of rotatable bonds is 6. The Balaban J connectivity index is 2.21. The minimum atomic E-state index is -0.759. The van der Waals surface area contributed by atoms with Gasteiger partial charge in [-0.2, -0.15) is 0 Å². The number of halogens is 1. The fraction of sp³-hybridized carbons (Fsp3) is 0.278. The third kappa shape index (κ3) is 4.58. The second kappa shape index (κ2) is 8.85. The lowest BCUT2D eigenvalue weighted by Crippen LogP contribution is -2.10. The molecule has 0 aliphatic heterocycles. The molecule has 0 heterocycles. The Labute approximate surface area is 151 Å². The second-order valence-electron chi connectivity index (χ2n) is 4.89. The van der Waals surface area contributed by atoms with E-state index in [0.29, 0.717) is 16.5 Å². The van der Waals surface area contributed by atoms with Crippen LogP contribution in [0.5, 0.6) is 11.5 Å². The highest BCUT2D eigenvalue weighted by Gasteiger charge is 2.14. The highest BCUT2D eigenvalue weighted by atomic mass is 35.5. The number of methoxy groups -OCH3 is 1. The number of aryl methyl sites for hydroxylation is 1. The average Bonchev–Trinajstić information content (AvgIpc) is 2.60. The third-order valence-electron chi connectivity index (χ3n) is 3.46. The van der Waals surface area contributed by atoms with E-state index in [0.717, 1.165) is 22.4 Å². The summed E-state index contributed by atoms with van der Waals surface area (Å²) in [6.45, 7) is 2.30. The van der Waals surface area contributed by atoms with Gasteiger partial charge in [0, 0.05) is 15.5 Å². The number of carbonyl (C=O) groups excluding carboxylic acids is 1. The maximum Gasteiger partial charge on any atom is 0.513 e. The van der Waals surface area contributed by atoms with E-state index >= 15 is 0 Å². The van der Waals surface area contributed by atoms with Crippen molar-refractivity contribution in [1.82, 2.24) is 0 Å². The Morgan fingerprint density at radius 3 is 2.67 bits per heavy atom. The molecule has 0 aromatic heterocycles. The number of hydrogen-bond donors (Lipinski definition) is 0. The Hall–Kier alpha value is -1.85. The number of ether oxygens (including phenoxy) is 3. The van der Waals surface area contributed by atoms with Crippen LogP contribution >= 0.6 is 23.4 Å². The Morgan fingerprint density at radius 1 is 1.25 bits per heavy atom. The summed E-state index contributed by atoms with van der Waals surface area (Å²) in [4.78, 5) is 12.4. The van der Waals surface area contributed by atoms with Gasteiger partial charge in [-0.15, -0.1) is 11.8 Å². The number of carbonyl (C=O) groups is 1. The standard InChI is InChI=1S/C18H19ClO4S/c1-4-12-8-9-13(10-15(12)19)22-11-14-16(23-18(20)21-2)6-5-7-17(14)24-3/h5-10H,4,11H2,1-3H3. The summed E-state index contributed by atoms with van der Waals surface area (Å²) in [6.07, 6.45) is 2.06. The lowest BCUT2D eigenvalue weighted by atomic mass is 10.1. The first-order valence-corrected chi connectivity index (χ1v) is 9.02. The van der Waals surface area contributed by atoms with E-state index in [9.17, 15) is 4.79 Å². The molecule has 0 saturated carbocycles. The Kier molecular flexibility index (Phi) is 6.82. The van der Waals surface area contributed by atoms with E-state index in [1.54, 1.807) is 23.9 Å². The van der Waals surface area contributed by atoms with Crippen LogP contribution in [0, 0.1) is 0 Å². The molecule has 0 unspecified atom stereocenters. The predicted octanol–water partition coefficient (Wildman–Crippen LogP) is 5.35. The van der Waals surface area contributed by atoms with Crippen LogP contribution in [0.15, 0.2) is 41.3 Å². The van der Waals surface area contributed by atoms with E-state index in [-0.39, 0.29) is 6.61 Å². The van der Waals surface area contributed by atoms with Gasteiger partial charge in [0.1, 0.15) is 18.1 Å². The van der Waals surface area contributed by atoms with Gasteiger partial charge in [0.25, 0.3) is 0 Å². The molecular weight excluding hydrogens is 348 g/mol. The monoisotopic (exact) mass is 366 g/mol. The first kappa shape index (κ1) is 18.5. The van der Waals surface area contributed by atoms with Gasteiger partial charge in [-0.1, -0.05) is 30.7 Å². The van der Waals surface area contributed by atoms with Crippen molar-refractivity contribution in [2.24, 2.45) is 0 Å². The maximum absolute atomic E-state index is 11.4. The van der Waals surface area contributed by atoms with Crippen LogP contribution in [-0.2, 0) is 17.8 Å². The van der Waals surface area contributed by atoms with E-state index in [1.165, 1.54) is 7.11 Å². The SMILES string of the molecule is CCc1ccc(OCc2c(OC(=O)OC)cccc2SC)cc1Cl. The summed E-state index contributed by atoms with van der Waals surface area (Å²) in [5.74, 6) is 1.09. The second-order valence-corrected chi connectivity index (χ2v) is 6.14. The number of thioether (sulfide) groups is 1. The van der Waals surface area contributed by atoms with Gasteiger partial charge in [0.15, 0.2) is 0 Å². The van der Waals surface area contributed by atoms with Crippen LogP contribution in [0.2, 0.25) is 5.02 Å². The summed E-state index contributed by atoms with van der Waals surface area (Å²) < 4.78 is 15.6. The lowest BCUT2D eigenvalue weighted by molar-refractivity contribution is 0.120. The van der Waals surface area contributed by atoms with Crippen molar-refractivity contribution in [3.05, 3.63) is 52.5 Å². The van der Waals surface area contributed by atoms with Gasteiger partial charge < -0.3 is 14.2 Å². The van der Waals surface area contributed by atoms with Crippen molar-refractivity contribution in [1.29, 1.82) is 0 Å². The van der Waals surface area contributed by atoms with Gasteiger partial charge in [-0.3, -0.25) is 0 Å². The van der Waals surface area contributed by atoms with Crippen LogP contribution in [-0.4, -0.2) is 19.5 Å². The van der Waals surface area contributed by atoms with Crippen molar-refractivity contribution in [2.45, 2.75) is 24.8 Å². The molecule has 0 saturated heterocycles. The zero-order valence-electron chi connectivity index (χ0n) is 13.8. The zero-order chi connectivity index (χ0) is 17.5. The maximum atomic E-state index is 11.4. The van der Waals surface area contributed by atoms with Crippen LogP contribution < -0.4 is 9.47 Å². The van der Waals surface area contributed by atoms with Gasteiger partial charge in [-0.25, -0.2) is 4.79 Å². The summed E-state index contributed by atoms with van der Waals surface area (Å²) in [6, 6.07) is 11.1. The van der Waals surface area contributed by atoms with Crippen LogP contribution in [0.1, 0.15) is 18.1 Å². The fourth-order valence-corrected chi connectivity index (χ4v) is 3.09. The zero-order valence-corrected chi connectivity index (χ0v) is 15.4. The molecule has 0 fully saturated rings. The molecule has 0 aliphatic carbocycles. The molecule has 0 N–H and O–H groups in total. The van der Waals surface area contributed by atoms with Crippen molar-refractivity contribution in [2.75, 3.05) is 13.4 Å². The summed E-state index contributed by atoms with van der Waals surface area (Å²) in [7, 11) is 1.27. The van der Waals surface area contributed by atoms with E-state index < -0.39 is 6.16 Å². The predicted molar refractivity (Wildman–Crippen MR) is 96.4 cm³/mol. The van der Waals surface area contributed by atoms with Gasteiger partial charge >= 0.3 is 6.16 Å². The van der Waals surface area contributed by atoms with E-state index in [4.69, 9.17) is 21.1 Å². The summed E-state index contributed by atoms with van der Waals surface area (Å²) in [5.41, 5.74) is 1.86. The van der Waals surface area contributed by atoms with Crippen LogP contribution in [0.3, 0.4) is 0 Å². The fourth-order valence-electron chi connectivity index (χ4n) is 2.17. The molecule has 2 aromatic rings. The smallest absolute Gasteiger partial charge is 0.489 e. The molecule has 0 atom stereocenters. The van der Waals surface area contributed by atoms with Crippen molar-refractivity contribution in [3.63, 3.8) is 0 Å². The minimum Gasteiger partial charge on any atom is -0.489 e. The van der Waals surface area contributed by atoms with Gasteiger partial charge in [0.05, 0.1) is 7.11 Å². The van der Waals surface area contributed by atoms with Gasteiger partial charge in [-0.05, 0) is 42.5 Å². The normalized spacial score (nSPS) is 10.3. The van der Waals surface area contributed by atoms with Crippen molar-refractivity contribution < 1.29 is 19.0 Å². The molecule has 2 aromatic carbocycles. The molecule has 128 valence electrons. The van der Waals surface area contributed by atoms with Crippen LogP contribution in [0.4, 0.5) is 4.79 Å². The first-order valence-electron chi connectivity index (χ1n) is 7.42. The Morgan fingerprint density at radius 2 is 2.04 bits per heavy atom. The molecular formula is C18H19ClO4S. The topological polar surface area (TPSA) is 44.8 Å². The van der Waals surface area contributed by atoms with Crippen LogP contribution in [0.25, 0.3) is 0 Å². The third-order valence-corrected chi connectivity index (χ3v) is 4.63. The highest BCUT2D eigenvalue weighted by molar-refractivity contribution is 7.98. The number of benzene rings is 2. The van der Waals surface area contributed by atoms with E-state index in [2.05, 4.69) is 4.74 Å². The summed E-state index contributed by atoms with van der Waals surface area (Å²) >= 11 is 7.77. The summed E-state index contributed by atoms with van der Waals surface area (Å²) in [5, 5.41) is 0.680. The minimum absolute atomic E-state index is 0.255. The largest absolute Gasteiger partial charge is 0.513 e. The molecule has 24 heavy (non-hydrogen) atoms. The molecule has 6 heteroatoms. The average molecular weight is 367 g/mol. The van der Waals surface area contributed by atoms with Crippen molar-refractivity contribution in [3.8, 4) is 11.5 Å². The lowest BCUT2D eigenvalue weighted by Gasteiger charge is -2.14. The number of hydrogen-bond acceptors (Lipinski definition) is 5. The molecule has 2 rings (SSSR count). The highest BCUT2D eigenvalue weighted by Crippen LogP contribution is 2.31. The Bertz CT molecular complexity index is 718. The molecule has 4 nitrogen and oxygen atoms in total.